The smallest absolute Gasteiger partial charge is 0.326 e. The number of fused-ring (bicyclic) bond motifs is 1. The van der Waals surface area contributed by atoms with Crippen molar-refractivity contribution in [1.29, 1.82) is 0 Å². The van der Waals surface area contributed by atoms with Gasteiger partial charge in [0.05, 0.1) is 29.7 Å². The van der Waals surface area contributed by atoms with E-state index in [-0.39, 0.29) is 22.6 Å². The molecule has 2 aromatic rings. The number of nitrogens with zero attached hydrogens (tertiary/aromatic N) is 3. The number of aromatic nitrogens is 1. The maximum Gasteiger partial charge on any atom is 0.326 e. The lowest BCUT2D eigenvalue weighted by Gasteiger charge is -2.13. The van der Waals surface area contributed by atoms with Gasteiger partial charge in [-0.3, -0.25) is 13.4 Å². The summed E-state index contributed by atoms with van der Waals surface area (Å²) in [7, 11) is 0.414. The number of hydrogen-bond donors (Lipinski definition) is 1. The first-order valence-electron chi connectivity index (χ1n) is 7.13. The van der Waals surface area contributed by atoms with Gasteiger partial charge in [-0.25, -0.2) is 9.37 Å². The van der Waals surface area contributed by atoms with Crippen molar-refractivity contribution in [3.8, 4) is 5.88 Å². The third-order valence-electron chi connectivity index (χ3n) is 3.89. The minimum absolute atomic E-state index is 0.128. The third-order valence-corrected chi connectivity index (χ3v) is 5.67. The van der Waals surface area contributed by atoms with Gasteiger partial charge < -0.3 is 10.1 Å². The minimum Gasteiger partial charge on any atom is -0.481 e. The first kappa shape index (κ1) is 17.0. The van der Waals surface area contributed by atoms with Crippen LogP contribution in [-0.2, 0) is 10.2 Å². The van der Waals surface area contributed by atoms with Crippen LogP contribution in [0, 0.1) is 5.82 Å². The zero-order valence-electron chi connectivity index (χ0n) is 13.6. The number of anilines is 3. The van der Waals surface area contributed by atoms with Crippen LogP contribution in [0.1, 0.15) is 10.4 Å². The van der Waals surface area contributed by atoms with Crippen molar-refractivity contribution < 1.29 is 22.3 Å². The van der Waals surface area contributed by atoms with Crippen molar-refractivity contribution in [3.05, 3.63) is 41.8 Å². The zero-order chi connectivity index (χ0) is 18.4. The summed E-state index contributed by atoms with van der Waals surface area (Å²) in [6.45, 7) is 0. The number of carbonyl (C=O) groups excluding carboxylic acids is 1. The highest BCUT2D eigenvalue weighted by atomic mass is 32.2. The molecule has 8 nitrogen and oxygen atoms in total. The van der Waals surface area contributed by atoms with E-state index in [1.54, 1.807) is 0 Å². The summed E-state index contributed by atoms with van der Waals surface area (Å²) in [5.41, 5.74) is 0.548. The molecule has 2 heterocycles. The molecule has 0 bridgehead atoms. The summed E-state index contributed by atoms with van der Waals surface area (Å²) >= 11 is 0. The van der Waals surface area contributed by atoms with Gasteiger partial charge in [-0.15, -0.1) is 0 Å². The molecular formula is C15H15FN4O4S. The Morgan fingerprint density at radius 2 is 1.84 bits per heavy atom. The average molecular weight is 366 g/mol. The Labute approximate surface area is 144 Å². The Bertz CT molecular complexity index is 947. The fourth-order valence-corrected chi connectivity index (χ4v) is 3.57. The van der Waals surface area contributed by atoms with E-state index in [2.05, 4.69) is 10.3 Å². The molecule has 1 N–H and O–H groups in total. The molecule has 0 fully saturated rings. The summed E-state index contributed by atoms with van der Waals surface area (Å²) in [6, 6.07) is 5.33. The van der Waals surface area contributed by atoms with Crippen LogP contribution < -0.4 is 18.7 Å². The summed E-state index contributed by atoms with van der Waals surface area (Å²) in [4.78, 5) is 16.1. The van der Waals surface area contributed by atoms with Crippen molar-refractivity contribution >= 4 is 33.2 Å². The van der Waals surface area contributed by atoms with E-state index in [1.807, 2.05) is 0 Å². The Morgan fingerprint density at radius 3 is 2.40 bits per heavy atom. The van der Waals surface area contributed by atoms with E-state index in [1.165, 1.54) is 45.6 Å². The SMILES string of the molecule is COc1ccc(C(=O)Nc2cc3c(cc2F)N(C)S(=O)(=O)N3C)cn1. The van der Waals surface area contributed by atoms with E-state index >= 15 is 0 Å². The Morgan fingerprint density at radius 1 is 1.20 bits per heavy atom. The summed E-state index contributed by atoms with van der Waals surface area (Å²) in [5.74, 6) is -0.980. The second kappa shape index (κ2) is 5.88. The fraction of sp³-hybridized carbons (Fsp3) is 0.200. The first-order valence-corrected chi connectivity index (χ1v) is 8.53. The molecule has 1 aliphatic rings. The van der Waals surface area contributed by atoms with E-state index < -0.39 is 21.9 Å². The monoisotopic (exact) mass is 366 g/mol. The van der Waals surface area contributed by atoms with Crippen LogP contribution in [0.2, 0.25) is 0 Å². The summed E-state index contributed by atoms with van der Waals surface area (Å²) < 4.78 is 45.4. The van der Waals surface area contributed by atoms with Gasteiger partial charge in [0, 0.05) is 32.4 Å². The lowest BCUT2D eigenvalue weighted by atomic mass is 10.2. The molecule has 1 aliphatic heterocycles. The second-order valence-electron chi connectivity index (χ2n) is 5.31. The highest BCUT2D eigenvalue weighted by Gasteiger charge is 2.36. The van der Waals surface area contributed by atoms with E-state index in [9.17, 15) is 17.6 Å². The number of pyridine rings is 1. The van der Waals surface area contributed by atoms with Crippen molar-refractivity contribution in [2.75, 3.05) is 35.1 Å². The molecule has 0 unspecified atom stereocenters. The molecule has 0 radical (unpaired) electrons. The van der Waals surface area contributed by atoms with E-state index in [0.717, 1.165) is 14.7 Å². The van der Waals surface area contributed by atoms with Gasteiger partial charge in [0.2, 0.25) is 5.88 Å². The van der Waals surface area contributed by atoms with Crippen LogP contribution in [0.25, 0.3) is 0 Å². The van der Waals surface area contributed by atoms with Crippen LogP contribution in [0.3, 0.4) is 0 Å². The normalized spacial score (nSPS) is 15.0. The number of amides is 1. The van der Waals surface area contributed by atoms with Gasteiger partial charge in [-0.2, -0.15) is 8.42 Å². The number of ether oxygens (including phenoxy) is 1. The number of halogens is 1. The van der Waals surface area contributed by atoms with Crippen LogP contribution >= 0.6 is 0 Å². The molecular weight excluding hydrogens is 351 g/mol. The maximum absolute atomic E-state index is 14.3. The highest BCUT2D eigenvalue weighted by molar-refractivity contribution is 7.94. The number of benzene rings is 1. The molecule has 0 spiro atoms. The molecule has 0 saturated heterocycles. The van der Waals surface area contributed by atoms with Crippen LogP contribution in [-0.4, -0.2) is 40.5 Å². The molecule has 25 heavy (non-hydrogen) atoms. The molecule has 1 amide bonds. The zero-order valence-corrected chi connectivity index (χ0v) is 14.5. The fourth-order valence-electron chi connectivity index (χ4n) is 2.41. The third kappa shape index (κ3) is 2.74. The number of rotatable bonds is 3. The Kier molecular flexibility index (Phi) is 3.99. The van der Waals surface area contributed by atoms with Crippen molar-refractivity contribution in [2.24, 2.45) is 0 Å². The van der Waals surface area contributed by atoms with E-state index in [0.29, 0.717) is 5.88 Å². The Hall–Kier alpha value is -2.88. The number of carbonyl (C=O) groups is 1. The van der Waals surface area contributed by atoms with Crippen molar-refractivity contribution in [2.45, 2.75) is 0 Å². The highest BCUT2D eigenvalue weighted by Crippen LogP contribution is 2.41. The van der Waals surface area contributed by atoms with Gasteiger partial charge in [-0.1, -0.05) is 0 Å². The summed E-state index contributed by atoms with van der Waals surface area (Å²) in [6.07, 6.45) is 1.30. The summed E-state index contributed by atoms with van der Waals surface area (Å²) in [5, 5.41) is 2.42. The Balaban J connectivity index is 1.92. The van der Waals surface area contributed by atoms with Gasteiger partial charge in [0.15, 0.2) is 0 Å². The number of nitrogens with one attached hydrogen (secondary N) is 1. The molecule has 1 aromatic heterocycles. The standard InChI is InChI=1S/C15H15FN4O4S/c1-19-12-6-10(16)11(7-13(12)20(2)25(19,22)23)18-15(21)9-4-5-14(24-3)17-8-9/h4-8H,1-3H3,(H,18,21). The van der Waals surface area contributed by atoms with E-state index in [4.69, 9.17) is 4.74 Å². The van der Waals surface area contributed by atoms with Gasteiger partial charge in [0.25, 0.3) is 5.91 Å². The number of methoxy groups -OCH3 is 1. The molecule has 3 rings (SSSR count). The topological polar surface area (TPSA) is 91.8 Å². The number of hydrogen-bond acceptors (Lipinski definition) is 5. The van der Waals surface area contributed by atoms with Gasteiger partial charge >= 0.3 is 10.2 Å². The maximum atomic E-state index is 14.3. The molecule has 0 aliphatic carbocycles. The lowest BCUT2D eigenvalue weighted by Crippen LogP contribution is -2.32. The minimum atomic E-state index is -3.72. The molecule has 1 aromatic carbocycles. The predicted molar refractivity (Wildman–Crippen MR) is 90.9 cm³/mol. The predicted octanol–water partition coefficient (Wildman–Crippen LogP) is 1.61. The molecule has 0 atom stereocenters. The van der Waals surface area contributed by atoms with Crippen LogP contribution in [0.15, 0.2) is 30.5 Å². The average Bonchev–Trinajstić information content (AvgIpc) is 2.76. The van der Waals surface area contributed by atoms with Crippen molar-refractivity contribution in [1.82, 2.24) is 4.98 Å². The first-order chi connectivity index (χ1) is 11.8. The quantitative estimate of drug-likeness (QED) is 0.891. The van der Waals surface area contributed by atoms with Crippen molar-refractivity contribution in [3.63, 3.8) is 0 Å². The molecule has 10 heteroatoms. The van der Waals surface area contributed by atoms with Crippen LogP contribution in [0.5, 0.6) is 5.88 Å². The lowest BCUT2D eigenvalue weighted by molar-refractivity contribution is 0.102. The van der Waals surface area contributed by atoms with Gasteiger partial charge in [-0.05, 0) is 12.1 Å². The largest absolute Gasteiger partial charge is 0.481 e. The second-order valence-corrected chi connectivity index (χ2v) is 7.30. The molecule has 132 valence electrons. The van der Waals surface area contributed by atoms with Crippen LogP contribution in [0.4, 0.5) is 21.5 Å². The molecule has 0 saturated carbocycles. The van der Waals surface area contributed by atoms with Gasteiger partial charge in [0.1, 0.15) is 5.82 Å².